The molecular weight excluding hydrogens is 326 g/mol. The molecule has 0 aromatic carbocycles. The summed E-state index contributed by atoms with van der Waals surface area (Å²) in [4.78, 5) is 25.4. The van der Waals surface area contributed by atoms with E-state index in [4.69, 9.17) is 14.9 Å². The second kappa shape index (κ2) is 5.09. The van der Waals surface area contributed by atoms with Crippen LogP contribution in [-0.2, 0) is 16.8 Å². The Morgan fingerprint density at radius 3 is 2.84 bits per heavy atom. The van der Waals surface area contributed by atoms with Gasteiger partial charge in [0.2, 0.25) is 23.0 Å². The van der Waals surface area contributed by atoms with E-state index in [0.717, 1.165) is 6.07 Å². The van der Waals surface area contributed by atoms with E-state index in [1.807, 2.05) is 6.07 Å². The minimum atomic E-state index is -1.62. The molecule has 1 amide bonds. The van der Waals surface area contributed by atoms with Crippen LogP contribution in [0.1, 0.15) is 11.5 Å². The van der Waals surface area contributed by atoms with E-state index in [0.29, 0.717) is 0 Å². The van der Waals surface area contributed by atoms with Gasteiger partial charge in [-0.25, -0.2) is 0 Å². The molecule has 3 atom stereocenters. The third-order valence-corrected chi connectivity index (χ3v) is 4.72. The second-order valence-corrected chi connectivity index (χ2v) is 5.95. The van der Waals surface area contributed by atoms with E-state index < -0.39 is 29.3 Å². The van der Waals surface area contributed by atoms with Crippen molar-refractivity contribution < 1.29 is 19.1 Å². The van der Waals surface area contributed by atoms with Crippen LogP contribution in [-0.4, -0.2) is 17.1 Å². The van der Waals surface area contributed by atoms with Gasteiger partial charge in [-0.3, -0.25) is 9.59 Å². The molecule has 4 rings (SSSR count). The predicted molar refractivity (Wildman–Crippen MR) is 83.7 cm³/mol. The van der Waals surface area contributed by atoms with Gasteiger partial charge < -0.3 is 25.3 Å². The van der Waals surface area contributed by atoms with E-state index >= 15 is 0 Å². The summed E-state index contributed by atoms with van der Waals surface area (Å²) in [6, 6.07) is 2.62. The molecule has 126 valence electrons. The molecule has 0 unspecified atom stereocenters. The number of amides is 1. The van der Waals surface area contributed by atoms with Gasteiger partial charge in [-0.1, -0.05) is 24.3 Å². The van der Waals surface area contributed by atoms with E-state index in [9.17, 15) is 20.0 Å². The van der Waals surface area contributed by atoms with E-state index in [1.54, 1.807) is 24.3 Å². The van der Waals surface area contributed by atoms with Crippen molar-refractivity contribution in [3.63, 3.8) is 0 Å². The van der Waals surface area contributed by atoms with Crippen LogP contribution in [0.25, 0.3) is 0 Å². The van der Waals surface area contributed by atoms with Gasteiger partial charge in [0.1, 0.15) is 24.0 Å². The van der Waals surface area contributed by atoms with Gasteiger partial charge in [-0.2, -0.15) is 5.26 Å². The molecule has 3 aliphatic rings. The number of ether oxygens (including phenoxy) is 1. The fourth-order valence-corrected chi connectivity index (χ4v) is 3.69. The number of nitrogens with one attached hydrogen (secondary N) is 1. The summed E-state index contributed by atoms with van der Waals surface area (Å²) in [5.74, 6) is -1.74. The lowest BCUT2D eigenvalue weighted by Gasteiger charge is -2.35. The number of hydrogen-bond acceptors (Lipinski definition) is 7. The standard InChI is InChI=1S/C17H13N3O5/c18-6-10-15(19)25-13-12(22)5-8(7-21)24-14(13)17(10)9-3-1-2-4-11(9)20-16(17)23/h1-5,9,11,21H,7,19H2,(H,20,23)/t9-,11+,17+/m1/s1. The van der Waals surface area contributed by atoms with Crippen LogP contribution in [0.5, 0.6) is 5.75 Å². The Labute approximate surface area is 141 Å². The van der Waals surface area contributed by atoms with Crippen molar-refractivity contribution in [1.29, 1.82) is 5.26 Å². The predicted octanol–water partition coefficient (Wildman–Crippen LogP) is -0.303. The van der Waals surface area contributed by atoms with E-state index in [-0.39, 0.29) is 34.8 Å². The number of aliphatic hydroxyl groups is 1. The molecule has 1 saturated heterocycles. The molecule has 0 bridgehead atoms. The Morgan fingerprint density at radius 2 is 2.12 bits per heavy atom. The fourth-order valence-electron chi connectivity index (χ4n) is 3.69. The summed E-state index contributed by atoms with van der Waals surface area (Å²) < 4.78 is 10.9. The lowest BCUT2D eigenvalue weighted by atomic mass is 9.66. The van der Waals surface area contributed by atoms with Gasteiger partial charge in [0, 0.05) is 12.0 Å². The number of nitrogens with zero attached hydrogens (tertiary/aromatic N) is 1. The van der Waals surface area contributed by atoms with Gasteiger partial charge in [0.25, 0.3) is 0 Å². The zero-order valence-corrected chi connectivity index (χ0v) is 12.9. The highest BCUT2D eigenvalue weighted by molar-refractivity contribution is 5.97. The Hall–Kier alpha value is -3.31. The number of carbonyl (C=O) groups is 1. The van der Waals surface area contributed by atoms with Gasteiger partial charge >= 0.3 is 0 Å². The monoisotopic (exact) mass is 339 g/mol. The fraction of sp³-hybridized carbons (Fsp3) is 0.235. The highest BCUT2D eigenvalue weighted by Gasteiger charge is 2.63. The van der Waals surface area contributed by atoms with Crippen molar-refractivity contribution in [2.45, 2.75) is 18.1 Å². The molecule has 4 N–H and O–H groups in total. The molecule has 8 heteroatoms. The average molecular weight is 339 g/mol. The minimum absolute atomic E-state index is 0.0314. The van der Waals surface area contributed by atoms with Crippen molar-refractivity contribution in [2.24, 2.45) is 11.7 Å². The van der Waals surface area contributed by atoms with Crippen LogP contribution < -0.4 is 21.2 Å². The first kappa shape index (κ1) is 15.2. The van der Waals surface area contributed by atoms with Crippen LogP contribution in [0.4, 0.5) is 0 Å². The first-order valence-corrected chi connectivity index (χ1v) is 7.56. The average Bonchev–Trinajstić information content (AvgIpc) is 2.89. The van der Waals surface area contributed by atoms with Crippen molar-refractivity contribution >= 4 is 5.91 Å². The molecule has 25 heavy (non-hydrogen) atoms. The zero-order chi connectivity index (χ0) is 17.8. The summed E-state index contributed by atoms with van der Waals surface area (Å²) in [6.07, 6.45) is 7.07. The minimum Gasteiger partial charge on any atom is -0.458 e. The van der Waals surface area contributed by atoms with Crippen LogP contribution in [0.3, 0.4) is 0 Å². The number of aliphatic hydroxyl groups excluding tert-OH is 1. The molecule has 1 fully saturated rings. The number of allylic oxidation sites excluding steroid dienone is 2. The number of nitrogens with two attached hydrogens (primary N) is 1. The SMILES string of the molecule is N#CC1=C(N)Oc2c(oc(CO)cc2=O)[C@@]12C(=O)N[C@H]1C=CC=C[C@H]12. The van der Waals surface area contributed by atoms with Gasteiger partial charge in [0.15, 0.2) is 11.2 Å². The van der Waals surface area contributed by atoms with Crippen LogP contribution in [0.15, 0.2) is 51.0 Å². The summed E-state index contributed by atoms with van der Waals surface area (Å²) in [6.45, 7) is -0.537. The maximum atomic E-state index is 13.0. The molecule has 1 aromatic heterocycles. The number of carbonyl (C=O) groups excluding carboxylic acids is 1. The largest absolute Gasteiger partial charge is 0.458 e. The number of nitriles is 1. The highest BCUT2D eigenvalue weighted by atomic mass is 16.5. The van der Waals surface area contributed by atoms with Crippen LogP contribution >= 0.6 is 0 Å². The Morgan fingerprint density at radius 1 is 1.36 bits per heavy atom. The normalized spacial score (nSPS) is 29.0. The number of fused-ring (bicyclic) bond motifs is 4. The quantitative estimate of drug-likeness (QED) is 0.638. The molecule has 1 aromatic rings. The second-order valence-electron chi connectivity index (χ2n) is 5.95. The Bertz CT molecular complexity index is 981. The molecule has 2 aliphatic heterocycles. The first-order valence-electron chi connectivity index (χ1n) is 7.56. The highest BCUT2D eigenvalue weighted by Crippen LogP contribution is 2.52. The molecular formula is C17H13N3O5. The lowest BCUT2D eigenvalue weighted by molar-refractivity contribution is -0.124. The summed E-state index contributed by atoms with van der Waals surface area (Å²) >= 11 is 0. The Kier molecular flexibility index (Phi) is 3.10. The van der Waals surface area contributed by atoms with Crippen molar-refractivity contribution in [3.8, 4) is 11.8 Å². The van der Waals surface area contributed by atoms with Crippen molar-refractivity contribution in [1.82, 2.24) is 5.32 Å². The third kappa shape index (κ3) is 1.78. The van der Waals surface area contributed by atoms with Crippen LogP contribution in [0.2, 0.25) is 0 Å². The molecule has 0 saturated carbocycles. The summed E-state index contributed by atoms with van der Waals surface area (Å²) in [7, 11) is 0. The third-order valence-electron chi connectivity index (χ3n) is 4.72. The topological polar surface area (TPSA) is 139 Å². The Balaban J connectivity index is 2.11. The zero-order valence-electron chi connectivity index (χ0n) is 12.9. The summed E-state index contributed by atoms with van der Waals surface area (Å²) in [5.41, 5.74) is 3.53. The molecule has 3 heterocycles. The molecule has 8 nitrogen and oxygen atoms in total. The van der Waals surface area contributed by atoms with Gasteiger partial charge in [-0.05, 0) is 0 Å². The maximum absolute atomic E-state index is 13.0. The molecule has 1 spiro atoms. The molecule has 0 radical (unpaired) electrons. The summed E-state index contributed by atoms with van der Waals surface area (Å²) in [5, 5.41) is 21.8. The van der Waals surface area contributed by atoms with Gasteiger partial charge in [-0.15, -0.1) is 0 Å². The first-order chi connectivity index (χ1) is 12.0. The van der Waals surface area contributed by atoms with E-state index in [2.05, 4.69) is 5.32 Å². The van der Waals surface area contributed by atoms with Crippen molar-refractivity contribution in [3.05, 3.63) is 63.6 Å². The number of rotatable bonds is 1. The van der Waals surface area contributed by atoms with Crippen LogP contribution in [0, 0.1) is 17.2 Å². The molecule has 1 aliphatic carbocycles. The van der Waals surface area contributed by atoms with Crippen molar-refractivity contribution in [2.75, 3.05) is 0 Å². The maximum Gasteiger partial charge on any atom is 0.240 e. The van der Waals surface area contributed by atoms with Gasteiger partial charge in [0.05, 0.1) is 6.04 Å². The smallest absolute Gasteiger partial charge is 0.240 e. The van der Waals surface area contributed by atoms with E-state index in [1.165, 1.54) is 0 Å². The lowest BCUT2D eigenvalue weighted by Crippen LogP contribution is -2.46. The number of hydrogen-bond donors (Lipinski definition) is 3.